The van der Waals surface area contributed by atoms with Crippen molar-refractivity contribution in [2.45, 2.75) is 12.5 Å². The summed E-state index contributed by atoms with van der Waals surface area (Å²) in [7, 11) is 3.57. The van der Waals surface area contributed by atoms with Crippen LogP contribution < -0.4 is 15.4 Å². The van der Waals surface area contributed by atoms with Crippen molar-refractivity contribution in [3.8, 4) is 16.9 Å². The van der Waals surface area contributed by atoms with Crippen molar-refractivity contribution in [2.24, 2.45) is 13.0 Å². The zero-order valence-electron chi connectivity index (χ0n) is 17.2. The van der Waals surface area contributed by atoms with E-state index in [2.05, 4.69) is 46.1 Å². The highest BCUT2D eigenvalue weighted by molar-refractivity contribution is 5.85. The Morgan fingerprint density at radius 1 is 1.20 bits per heavy atom. The van der Waals surface area contributed by atoms with E-state index in [0.717, 1.165) is 34.5 Å². The first-order chi connectivity index (χ1) is 14.1. The first kappa shape index (κ1) is 21.9. The van der Waals surface area contributed by atoms with Gasteiger partial charge in [0.1, 0.15) is 5.75 Å². The van der Waals surface area contributed by atoms with E-state index in [0.29, 0.717) is 13.1 Å². The molecule has 1 aliphatic rings. The molecule has 2 N–H and O–H groups in total. The third-order valence-electron chi connectivity index (χ3n) is 5.53. The maximum Gasteiger partial charge on any atom is 0.225 e. The molecule has 1 amide bonds. The van der Waals surface area contributed by atoms with Crippen LogP contribution in [0.4, 0.5) is 0 Å². The third-order valence-corrected chi connectivity index (χ3v) is 5.53. The topological polar surface area (TPSA) is 68.2 Å². The van der Waals surface area contributed by atoms with E-state index in [1.165, 1.54) is 0 Å². The van der Waals surface area contributed by atoms with Crippen LogP contribution in [-0.4, -0.2) is 35.9 Å². The van der Waals surface area contributed by atoms with Crippen molar-refractivity contribution in [2.75, 3.05) is 20.2 Å². The number of methoxy groups -OCH3 is 1. The number of amides is 1. The minimum absolute atomic E-state index is 0. The summed E-state index contributed by atoms with van der Waals surface area (Å²) >= 11 is 0. The van der Waals surface area contributed by atoms with Crippen LogP contribution in [-0.2, 0) is 18.4 Å². The van der Waals surface area contributed by atoms with E-state index < -0.39 is 0 Å². The van der Waals surface area contributed by atoms with Crippen molar-refractivity contribution < 1.29 is 9.53 Å². The number of aromatic nitrogens is 2. The molecule has 1 aromatic heterocycles. The van der Waals surface area contributed by atoms with Crippen LogP contribution in [0.2, 0.25) is 0 Å². The van der Waals surface area contributed by atoms with Crippen molar-refractivity contribution in [1.82, 2.24) is 20.4 Å². The zero-order chi connectivity index (χ0) is 20.2. The van der Waals surface area contributed by atoms with Gasteiger partial charge in [-0.2, -0.15) is 5.10 Å². The quantitative estimate of drug-likeness (QED) is 0.635. The molecule has 2 heterocycles. The lowest BCUT2D eigenvalue weighted by Gasteiger charge is -2.17. The number of halogens is 1. The fourth-order valence-corrected chi connectivity index (χ4v) is 3.87. The monoisotopic (exact) mass is 426 g/mol. The average molecular weight is 427 g/mol. The maximum absolute atomic E-state index is 12.8. The Labute approximate surface area is 183 Å². The van der Waals surface area contributed by atoms with E-state index in [1.807, 2.05) is 37.6 Å². The van der Waals surface area contributed by atoms with Gasteiger partial charge in [0.15, 0.2) is 0 Å². The molecule has 0 aliphatic carbocycles. The SMILES string of the molecule is COc1cccc(-c2ccc(CNC(=O)[C@H]3CNC[C@@H]3c3cnn(C)c3)cc2)c1.Cl. The molecule has 0 unspecified atom stereocenters. The van der Waals surface area contributed by atoms with Crippen LogP contribution in [0.25, 0.3) is 11.1 Å². The molecule has 6 nitrogen and oxygen atoms in total. The summed E-state index contributed by atoms with van der Waals surface area (Å²) in [5.74, 6) is 1.02. The molecular formula is C23H27ClN4O2. The number of rotatable bonds is 6. The van der Waals surface area contributed by atoms with E-state index >= 15 is 0 Å². The molecule has 0 saturated carbocycles. The van der Waals surface area contributed by atoms with Gasteiger partial charge in [-0.3, -0.25) is 9.48 Å². The van der Waals surface area contributed by atoms with Gasteiger partial charge in [-0.15, -0.1) is 12.4 Å². The number of carbonyl (C=O) groups is 1. The number of carbonyl (C=O) groups excluding carboxylic acids is 1. The Hall–Kier alpha value is -2.83. The molecule has 1 aliphatic heterocycles. The number of aryl methyl sites for hydroxylation is 1. The standard InChI is InChI=1S/C23H26N4O2.ClH/c1-27-15-19(12-26-27)21-13-24-14-22(21)23(28)25-11-16-6-8-17(9-7-16)18-4-3-5-20(10-18)29-2;/h3-10,12,15,21-22,24H,11,13-14H2,1-2H3,(H,25,28);1H/t21-,22+;/m1./s1. The maximum atomic E-state index is 12.8. The zero-order valence-corrected chi connectivity index (χ0v) is 18.0. The number of hydrogen-bond donors (Lipinski definition) is 2. The largest absolute Gasteiger partial charge is 0.497 e. The lowest BCUT2D eigenvalue weighted by atomic mass is 9.90. The molecule has 4 rings (SSSR count). The molecule has 1 saturated heterocycles. The fourth-order valence-electron chi connectivity index (χ4n) is 3.87. The van der Waals surface area contributed by atoms with Gasteiger partial charge in [0.25, 0.3) is 0 Å². The molecule has 158 valence electrons. The van der Waals surface area contributed by atoms with E-state index in [4.69, 9.17) is 4.74 Å². The predicted octanol–water partition coefficient (Wildman–Crippen LogP) is 3.14. The molecule has 3 aromatic rings. The van der Waals surface area contributed by atoms with Gasteiger partial charge in [0.05, 0.1) is 19.2 Å². The highest BCUT2D eigenvalue weighted by atomic mass is 35.5. The highest BCUT2D eigenvalue weighted by Gasteiger charge is 2.34. The van der Waals surface area contributed by atoms with E-state index in [1.54, 1.807) is 11.8 Å². The summed E-state index contributed by atoms with van der Waals surface area (Å²) in [4.78, 5) is 12.8. The molecular weight excluding hydrogens is 400 g/mol. The Morgan fingerprint density at radius 3 is 2.70 bits per heavy atom. The normalized spacial score (nSPS) is 17.9. The summed E-state index contributed by atoms with van der Waals surface area (Å²) < 4.78 is 7.08. The summed E-state index contributed by atoms with van der Waals surface area (Å²) in [6, 6.07) is 16.3. The molecule has 2 atom stereocenters. The third kappa shape index (κ3) is 4.83. The summed E-state index contributed by atoms with van der Waals surface area (Å²) in [6.45, 7) is 2.02. The minimum Gasteiger partial charge on any atom is -0.497 e. The summed E-state index contributed by atoms with van der Waals surface area (Å²) in [5.41, 5.74) is 4.42. The molecule has 7 heteroatoms. The number of hydrogen-bond acceptors (Lipinski definition) is 4. The van der Waals surface area contributed by atoms with Crippen molar-refractivity contribution >= 4 is 18.3 Å². The van der Waals surface area contributed by atoms with Gasteiger partial charge in [-0.1, -0.05) is 36.4 Å². The Bertz CT molecular complexity index is 987. The second-order valence-electron chi connectivity index (χ2n) is 7.47. The van der Waals surface area contributed by atoms with Crippen LogP contribution in [0, 0.1) is 5.92 Å². The Balaban J connectivity index is 0.00000256. The summed E-state index contributed by atoms with van der Waals surface area (Å²) in [5, 5.41) is 10.7. The number of benzene rings is 2. The van der Waals surface area contributed by atoms with Crippen molar-refractivity contribution in [3.05, 3.63) is 72.1 Å². The minimum atomic E-state index is -0.0738. The van der Waals surface area contributed by atoms with Gasteiger partial charge >= 0.3 is 0 Å². The first-order valence-electron chi connectivity index (χ1n) is 9.84. The predicted molar refractivity (Wildman–Crippen MR) is 120 cm³/mol. The molecule has 0 spiro atoms. The molecule has 1 fully saturated rings. The van der Waals surface area contributed by atoms with Crippen LogP contribution in [0.15, 0.2) is 60.9 Å². The van der Waals surface area contributed by atoms with Gasteiger partial charge in [-0.25, -0.2) is 0 Å². The van der Waals surface area contributed by atoms with Crippen molar-refractivity contribution in [3.63, 3.8) is 0 Å². The fraction of sp³-hybridized carbons (Fsp3) is 0.304. The number of nitrogens with zero attached hydrogens (tertiary/aromatic N) is 2. The van der Waals surface area contributed by atoms with Crippen LogP contribution in [0.3, 0.4) is 0 Å². The van der Waals surface area contributed by atoms with Gasteiger partial charge in [-0.05, 0) is 34.4 Å². The lowest BCUT2D eigenvalue weighted by Crippen LogP contribution is -2.33. The van der Waals surface area contributed by atoms with Crippen molar-refractivity contribution in [1.29, 1.82) is 0 Å². The van der Waals surface area contributed by atoms with Gasteiger partial charge in [0.2, 0.25) is 5.91 Å². The molecule has 30 heavy (non-hydrogen) atoms. The summed E-state index contributed by atoms with van der Waals surface area (Å²) in [6.07, 6.45) is 3.85. The average Bonchev–Trinajstić information content (AvgIpc) is 3.41. The molecule has 0 bridgehead atoms. The van der Waals surface area contributed by atoms with E-state index in [-0.39, 0.29) is 30.2 Å². The molecule has 0 radical (unpaired) electrons. The Kier molecular flexibility index (Phi) is 7.13. The van der Waals surface area contributed by atoms with Gasteiger partial charge < -0.3 is 15.4 Å². The highest BCUT2D eigenvalue weighted by Crippen LogP contribution is 2.28. The Morgan fingerprint density at radius 2 is 2.00 bits per heavy atom. The second-order valence-corrected chi connectivity index (χ2v) is 7.47. The lowest BCUT2D eigenvalue weighted by molar-refractivity contribution is -0.125. The van der Waals surface area contributed by atoms with E-state index in [9.17, 15) is 4.79 Å². The second kappa shape index (κ2) is 9.78. The van der Waals surface area contributed by atoms with Crippen LogP contribution >= 0.6 is 12.4 Å². The number of nitrogens with one attached hydrogen (secondary N) is 2. The van der Waals surface area contributed by atoms with Crippen LogP contribution in [0.1, 0.15) is 17.0 Å². The van der Waals surface area contributed by atoms with Gasteiger partial charge in [0, 0.05) is 38.8 Å². The smallest absolute Gasteiger partial charge is 0.225 e. The van der Waals surface area contributed by atoms with Crippen LogP contribution in [0.5, 0.6) is 5.75 Å². The molecule has 2 aromatic carbocycles. The first-order valence-corrected chi connectivity index (χ1v) is 9.84. The number of ether oxygens (including phenoxy) is 1.